The fraction of sp³-hybridized carbons (Fsp3) is 0.241. The van der Waals surface area contributed by atoms with Crippen LogP contribution in [-0.4, -0.2) is 17.4 Å². The third-order valence-electron chi connectivity index (χ3n) is 6.33. The minimum atomic E-state index is -0.658. The second kappa shape index (κ2) is 9.02. The van der Waals surface area contributed by atoms with E-state index >= 15 is 0 Å². The van der Waals surface area contributed by atoms with Gasteiger partial charge in [-0.3, -0.25) is 9.59 Å². The van der Waals surface area contributed by atoms with E-state index < -0.39 is 6.04 Å². The van der Waals surface area contributed by atoms with Crippen LogP contribution in [0.5, 0.6) is 5.75 Å². The highest BCUT2D eigenvalue weighted by Gasteiger charge is 2.43. The number of halogens is 1. The first-order chi connectivity index (χ1) is 16.9. The number of carbonyl (C=O) groups excluding carboxylic acids is 1. The summed E-state index contributed by atoms with van der Waals surface area (Å²) in [4.78, 5) is 29.1. The summed E-state index contributed by atoms with van der Waals surface area (Å²) in [5.41, 5.74) is 3.78. The molecule has 0 radical (unpaired) electrons. The van der Waals surface area contributed by atoms with Crippen LogP contribution in [0.25, 0.3) is 11.0 Å². The monoisotopic (exact) mass is 471 g/mol. The largest absolute Gasteiger partial charge is 0.494 e. The fourth-order valence-corrected chi connectivity index (χ4v) is 4.80. The predicted octanol–water partition coefficient (Wildman–Crippen LogP) is 6.08. The van der Waals surface area contributed by atoms with E-state index in [9.17, 15) is 14.0 Å². The van der Waals surface area contributed by atoms with Crippen LogP contribution in [0, 0.1) is 19.7 Å². The summed E-state index contributed by atoms with van der Waals surface area (Å²) in [5.74, 6) is 0.00636. The van der Waals surface area contributed by atoms with E-state index in [1.807, 2.05) is 51.1 Å². The van der Waals surface area contributed by atoms with E-state index in [-0.39, 0.29) is 29.5 Å². The second-order valence-electron chi connectivity index (χ2n) is 9.01. The number of hydrogen-bond acceptors (Lipinski definition) is 4. The Labute approximate surface area is 202 Å². The minimum Gasteiger partial charge on any atom is -0.494 e. The van der Waals surface area contributed by atoms with Crippen molar-refractivity contribution in [3.63, 3.8) is 0 Å². The van der Waals surface area contributed by atoms with E-state index in [0.29, 0.717) is 28.9 Å². The maximum Gasteiger partial charge on any atom is 0.291 e. The van der Waals surface area contributed by atoms with Gasteiger partial charge in [0.05, 0.1) is 23.6 Å². The highest BCUT2D eigenvalue weighted by atomic mass is 19.1. The molecule has 0 saturated carbocycles. The van der Waals surface area contributed by atoms with Gasteiger partial charge in [-0.1, -0.05) is 37.3 Å². The Morgan fingerprint density at radius 2 is 1.80 bits per heavy atom. The molecular formula is C29H26FNO4. The molecule has 5 nitrogen and oxygen atoms in total. The number of carbonyl (C=O) groups is 1. The van der Waals surface area contributed by atoms with E-state index in [1.165, 1.54) is 12.1 Å². The van der Waals surface area contributed by atoms with Gasteiger partial charge in [-0.05, 0) is 72.9 Å². The lowest BCUT2D eigenvalue weighted by Gasteiger charge is -2.25. The number of nitrogens with zero attached hydrogens (tertiary/aromatic N) is 1. The maximum absolute atomic E-state index is 13.9. The molecule has 0 N–H and O–H groups in total. The van der Waals surface area contributed by atoms with Crippen LogP contribution in [0.3, 0.4) is 0 Å². The van der Waals surface area contributed by atoms with Gasteiger partial charge in [-0.2, -0.15) is 0 Å². The van der Waals surface area contributed by atoms with Crippen molar-refractivity contribution < 1.29 is 18.3 Å². The van der Waals surface area contributed by atoms with Crippen molar-refractivity contribution in [3.8, 4) is 5.75 Å². The molecule has 1 aromatic heterocycles. The van der Waals surface area contributed by atoms with Gasteiger partial charge < -0.3 is 14.1 Å². The van der Waals surface area contributed by atoms with Crippen molar-refractivity contribution in [1.82, 2.24) is 4.90 Å². The summed E-state index contributed by atoms with van der Waals surface area (Å²) in [5, 5.41) is 0.481. The van der Waals surface area contributed by atoms with Crippen molar-refractivity contribution in [2.24, 2.45) is 0 Å². The Bertz CT molecular complexity index is 1490. The topological polar surface area (TPSA) is 59.8 Å². The Morgan fingerprint density at radius 3 is 2.54 bits per heavy atom. The summed E-state index contributed by atoms with van der Waals surface area (Å²) in [6.07, 6.45) is 0.861. The molecule has 5 rings (SSSR count). The number of benzene rings is 3. The van der Waals surface area contributed by atoms with Crippen LogP contribution < -0.4 is 10.2 Å². The lowest BCUT2D eigenvalue weighted by Crippen LogP contribution is -2.29. The molecule has 1 unspecified atom stereocenters. The molecule has 0 fully saturated rings. The molecule has 0 saturated heterocycles. The Kier molecular flexibility index (Phi) is 5.89. The molecule has 1 aliphatic rings. The van der Waals surface area contributed by atoms with Crippen LogP contribution in [0.1, 0.15) is 57.8 Å². The summed E-state index contributed by atoms with van der Waals surface area (Å²) >= 11 is 0. The summed E-state index contributed by atoms with van der Waals surface area (Å²) in [6.45, 7) is 6.59. The summed E-state index contributed by atoms with van der Waals surface area (Å²) in [6, 6.07) is 16.5. The zero-order chi connectivity index (χ0) is 24.7. The average Bonchev–Trinajstić information content (AvgIpc) is 3.10. The van der Waals surface area contributed by atoms with Gasteiger partial charge in [-0.15, -0.1) is 0 Å². The first kappa shape index (κ1) is 22.8. The lowest BCUT2D eigenvalue weighted by molar-refractivity contribution is 0.0714. The molecule has 1 aliphatic heterocycles. The highest BCUT2D eigenvalue weighted by molar-refractivity contribution is 5.99. The van der Waals surface area contributed by atoms with E-state index in [1.54, 1.807) is 23.1 Å². The van der Waals surface area contributed by atoms with Gasteiger partial charge in [0.2, 0.25) is 5.76 Å². The zero-order valence-electron chi connectivity index (χ0n) is 19.9. The Morgan fingerprint density at radius 1 is 1.03 bits per heavy atom. The molecular weight excluding hydrogens is 445 g/mol. The fourth-order valence-electron chi connectivity index (χ4n) is 4.80. The van der Waals surface area contributed by atoms with Crippen LogP contribution in [0.2, 0.25) is 0 Å². The number of aryl methyl sites for hydroxylation is 2. The summed E-state index contributed by atoms with van der Waals surface area (Å²) < 4.78 is 25.4. The molecule has 1 atom stereocenters. The third kappa shape index (κ3) is 4.09. The molecule has 0 spiro atoms. The van der Waals surface area contributed by atoms with Gasteiger partial charge in [0.25, 0.3) is 5.91 Å². The predicted molar refractivity (Wildman–Crippen MR) is 132 cm³/mol. The smallest absolute Gasteiger partial charge is 0.291 e. The quantitative estimate of drug-likeness (QED) is 0.342. The van der Waals surface area contributed by atoms with Gasteiger partial charge in [-0.25, -0.2) is 4.39 Å². The number of ether oxygens (including phenoxy) is 1. The van der Waals surface area contributed by atoms with Crippen LogP contribution in [0.15, 0.2) is 69.9 Å². The Hall–Kier alpha value is -3.93. The first-order valence-electron chi connectivity index (χ1n) is 11.7. The molecule has 1 amide bonds. The van der Waals surface area contributed by atoms with Crippen molar-refractivity contribution in [1.29, 1.82) is 0 Å². The van der Waals surface area contributed by atoms with Crippen LogP contribution >= 0.6 is 0 Å². The normalized spacial score (nSPS) is 15.0. The van der Waals surface area contributed by atoms with Crippen LogP contribution in [-0.2, 0) is 6.54 Å². The van der Waals surface area contributed by atoms with E-state index in [4.69, 9.17) is 9.15 Å². The Balaban J connectivity index is 1.71. The lowest BCUT2D eigenvalue weighted by atomic mass is 9.96. The summed E-state index contributed by atoms with van der Waals surface area (Å²) in [7, 11) is 0. The molecule has 6 heteroatoms. The van der Waals surface area contributed by atoms with Crippen molar-refractivity contribution in [2.75, 3.05) is 6.61 Å². The molecule has 0 bridgehead atoms. The van der Waals surface area contributed by atoms with Crippen LogP contribution in [0.4, 0.5) is 4.39 Å². The first-order valence-corrected chi connectivity index (χ1v) is 11.7. The second-order valence-corrected chi connectivity index (χ2v) is 9.01. The number of fused-ring (bicyclic) bond motifs is 2. The van der Waals surface area contributed by atoms with E-state index in [2.05, 4.69) is 0 Å². The molecule has 4 aromatic rings. The van der Waals surface area contributed by atoms with Crippen molar-refractivity contribution in [2.45, 2.75) is 39.8 Å². The van der Waals surface area contributed by atoms with Crippen molar-refractivity contribution in [3.05, 3.63) is 110 Å². The molecule has 178 valence electrons. The molecule has 2 heterocycles. The molecule has 3 aromatic carbocycles. The van der Waals surface area contributed by atoms with Gasteiger partial charge in [0, 0.05) is 6.54 Å². The van der Waals surface area contributed by atoms with E-state index in [0.717, 1.165) is 28.7 Å². The minimum absolute atomic E-state index is 0.0551. The standard InChI is InChI=1S/C29H26FNO4/c1-4-12-34-22-7-5-6-20(15-22)26-25-27(32)24-18(3)13-17(2)14-23(24)35-28(25)29(33)31(26)16-19-8-10-21(30)11-9-19/h5-11,13-15,26H,4,12,16H2,1-3H3. The van der Waals surface area contributed by atoms with Gasteiger partial charge >= 0.3 is 0 Å². The van der Waals surface area contributed by atoms with Gasteiger partial charge in [0.1, 0.15) is 17.1 Å². The number of rotatable bonds is 6. The molecule has 0 aliphatic carbocycles. The van der Waals surface area contributed by atoms with Crippen molar-refractivity contribution >= 4 is 16.9 Å². The zero-order valence-corrected chi connectivity index (χ0v) is 19.9. The number of amides is 1. The van der Waals surface area contributed by atoms with Gasteiger partial charge in [0.15, 0.2) is 5.43 Å². The number of hydrogen-bond donors (Lipinski definition) is 0. The molecule has 35 heavy (non-hydrogen) atoms. The SMILES string of the molecule is CCCOc1cccc(C2c3c(oc4cc(C)cc(C)c4c3=O)C(=O)N2Cc2ccc(F)cc2)c1. The average molecular weight is 472 g/mol. The maximum atomic E-state index is 13.9. The third-order valence-corrected chi connectivity index (χ3v) is 6.33. The highest BCUT2D eigenvalue weighted by Crippen LogP contribution is 2.40.